The van der Waals surface area contributed by atoms with Gasteiger partial charge in [0.05, 0.1) is 5.02 Å². The number of anilines is 1. The van der Waals surface area contributed by atoms with Crippen LogP contribution in [0, 0.1) is 11.3 Å². The van der Waals surface area contributed by atoms with Crippen LogP contribution in [0.25, 0.3) is 6.08 Å². The van der Waals surface area contributed by atoms with Gasteiger partial charge >= 0.3 is 0 Å². The SMILES string of the molecule is C=CCOc1c(Cl)cc(Cl)cc1/C=C(\C#N)C(=O)Nc1cccc(Cl)c1. The Bertz CT molecular complexity index is 917. The molecule has 2 aromatic rings. The van der Waals surface area contributed by atoms with Crippen LogP contribution < -0.4 is 10.1 Å². The van der Waals surface area contributed by atoms with E-state index in [2.05, 4.69) is 11.9 Å². The fourth-order valence-electron chi connectivity index (χ4n) is 2.05. The molecule has 132 valence electrons. The number of nitriles is 1. The first-order chi connectivity index (χ1) is 12.4. The molecular formula is C19H13Cl3N2O2. The molecule has 0 radical (unpaired) electrons. The van der Waals surface area contributed by atoms with Gasteiger partial charge < -0.3 is 10.1 Å². The fraction of sp³-hybridized carbons (Fsp3) is 0.0526. The van der Waals surface area contributed by atoms with Gasteiger partial charge in [-0.25, -0.2) is 0 Å². The molecule has 0 atom stereocenters. The van der Waals surface area contributed by atoms with E-state index in [1.807, 2.05) is 6.07 Å². The molecule has 0 saturated heterocycles. The maximum Gasteiger partial charge on any atom is 0.266 e. The van der Waals surface area contributed by atoms with E-state index in [1.165, 1.54) is 12.1 Å². The van der Waals surface area contributed by atoms with Crippen LogP contribution >= 0.6 is 34.8 Å². The summed E-state index contributed by atoms with van der Waals surface area (Å²) in [7, 11) is 0. The Morgan fingerprint density at radius 3 is 2.65 bits per heavy atom. The lowest BCUT2D eigenvalue weighted by Gasteiger charge is -2.11. The normalized spacial score (nSPS) is 10.8. The van der Waals surface area contributed by atoms with Gasteiger partial charge in [0.2, 0.25) is 0 Å². The summed E-state index contributed by atoms with van der Waals surface area (Å²) in [5.41, 5.74) is 0.727. The smallest absolute Gasteiger partial charge is 0.266 e. The van der Waals surface area contributed by atoms with Gasteiger partial charge in [-0.3, -0.25) is 4.79 Å². The number of hydrogen-bond donors (Lipinski definition) is 1. The van der Waals surface area contributed by atoms with Crippen molar-refractivity contribution < 1.29 is 9.53 Å². The van der Waals surface area contributed by atoms with Crippen molar-refractivity contribution in [1.29, 1.82) is 5.26 Å². The molecule has 1 amide bonds. The standard InChI is InChI=1S/C19H13Cl3N2O2/c1-2-6-26-18-12(8-15(21)10-17(18)22)7-13(11-23)19(25)24-16-5-3-4-14(20)9-16/h2-5,7-10H,1,6H2,(H,24,25)/b13-7+. The van der Waals surface area contributed by atoms with E-state index in [1.54, 1.807) is 36.4 Å². The Morgan fingerprint density at radius 2 is 2.00 bits per heavy atom. The lowest BCUT2D eigenvalue weighted by atomic mass is 10.1. The number of ether oxygens (including phenoxy) is 1. The molecule has 2 rings (SSSR count). The van der Waals surface area contributed by atoms with E-state index in [4.69, 9.17) is 39.5 Å². The summed E-state index contributed by atoms with van der Waals surface area (Å²) in [6, 6.07) is 11.5. The number of carbonyl (C=O) groups excluding carboxylic acids is 1. The highest BCUT2D eigenvalue weighted by Gasteiger charge is 2.14. The van der Waals surface area contributed by atoms with Gasteiger partial charge in [-0.05, 0) is 36.4 Å². The summed E-state index contributed by atoms with van der Waals surface area (Å²) in [5, 5.41) is 13.1. The Kier molecular flexibility index (Phi) is 7.11. The molecule has 7 heteroatoms. The third kappa shape index (κ3) is 5.27. The molecule has 0 bridgehead atoms. The summed E-state index contributed by atoms with van der Waals surface area (Å²) in [5.74, 6) is -0.292. The molecule has 0 fully saturated rings. The predicted octanol–water partition coefficient (Wildman–Crippen LogP) is 5.76. The van der Waals surface area contributed by atoms with E-state index in [-0.39, 0.29) is 17.2 Å². The highest BCUT2D eigenvalue weighted by atomic mass is 35.5. The molecular weight excluding hydrogens is 395 g/mol. The van der Waals surface area contributed by atoms with Gasteiger partial charge in [0.1, 0.15) is 24.0 Å². The number of nitrogens with one attached hydrogen (secondary N) is 1. The van der Waals surface area contributed by atoms with Crippen molar-refractivity contribution in [3.05, 3.63) is 75.3 Å². The van der Waals surface area contributed by atoms with E-state index in [0.29, 0.717) is 27.0 Å². The van der Waals surface area contributed by atoms with E-state index >= 15 is 0 Å². The third-order valence-electron chi connectivity index (χ3n) is 3.13. The van der Waals surface area contributed by atoms with Crippen molar-refractivity contribution in [2.45, 2.75) is 0 Å². The molecule has 2 aromatic carbocycles. The number of amides is 1. The largest absolute Gasteiger partial charge is 0.487 e. The second-order valence-corrected chi connectivity index (χ2v) is 6.32. The van der Waals surface area contributed by atoms with Crippen LogP contribution in [0.5, 0.6) is 5.75 Å². The van der Waals surface area contributed by atoms with Crippen molar-refractivity contribution in [3.63, 3.8) is 0 Å². The van der Waals surface area contributed by atoms with Gasteiger partial charge in [0.25, 0.3) is 5.91 Å². The average molecular weight is 408 g/mol. The second kappa shape index (κ2) is 9.30. The molecule has 1 N–H and O–H groups in total. The van der Waals surface area contributed by atoms with Crippen molar-refractivity contribution in [1.82, 2.24) is 0 Å². The highest BCUT2D eigenvalue weighted by Crippen LogP contribution is 2.34. The maximum absolute atomic E-state index is 12.4. The molecule has 0 unspecified atom stereocenters. The minimum absolute atomic E-state index is 0.147. The monoisotopic (exact) mass is 406 g/mol. The second-order valence-electron chi connectivity index (χ2n) is 5.04. The first kappa shape index (κ1) is 19.9. The summed E-state index contributed by atoms with van der Waals surface area (Å²) in [4.78, 5) is 12.4. The zero-order valence-electron chi connectivity index (χ0n) is 13.4. The van der Waals surface area contributed by atoms with Crippen molar-refractivity contribution >= 4 is 52.5 Å². The van der Waals surface area contributed by atoms with Crippen LogP contribution in [-0.4, -0.2) is 12.5 Å². The molecule has 0 aromatic heterocycles. The molecule has 4 nitrogen and oxygen atoms in total. The van der Waals surface area contributed by atoms with Crippen LogP contribution in [0.2, 0.25) is 15.1 Å². The Balaban J connectivity index is 2.37. The number of nitrogens with zero attached hydrogens (tertiary/aromatic N) is 1. The Hall–Kier alpha value is -2.45. The summed E-state index contributed by atoms with van der Waals surface area (Å²) >= 11 is 18.1. The zero-order valence-corrected chi connectivity index (χ0v) is 15.7. The summed E-state index contributed by atoms with van der Waals surface area (Å²) in [6.07, 6.45) is 2.91. The van der Waals surface area contributed by atoms with Gasteiger partial charge in [-0.2, -0.15) is 5.26 Å². The predicted molar refractivity (Wildman–Crippen MR) is 106 cm³/mol. The van der Waals surface area contributed by atoms with Crippen LogP contribution in [0.4, 0.5) is 5.69 Å². The minimum atomic E-state index is -0.597. The molecule has 0 heterocycles. The number of benzene rings is 2. The quantitative estimate of drug-likeness (QED) is 0.376. The lowest BCUT2D eigenvalue weighted by molar-refractivity contribution is -0.112. The maximum atomic E-state index is 12.4. The van der Waals surface area contributed by atoms with Crippen LogP contribution in [-0.2, 0) is 4.79 Å². The van der Waals surface area contributed by atoms with Gasteiger partial charge in [0, 0.05) is 21.3 Å². The highest BCUT2D eigenvalue weighted by molar-refractivity contribution is 6.36. The number of halogens is 3. The van der Waals surface area contributed by atoms with Gasteiger partial charge in [-0.15, -0.1) is 0 Å². The summed E-state index contributed by atoms with van der Waals surface area (Å²) in [6.45, 7) is 3.78. The fourth-order valence-corrected chi connectivity index (χ4v) is 2.80. The third-order valence-corrected chi connectivity index (χ3v) is 3.86. The number of hydrogen-bond acceptors (Lipinski definition) is 3. The van der Waals surface area contributed by atoms with Crippen molar-refractivity contribution in [2.75, 3.05) is 11.9 Å². The number of carbonyl (C=O) groups is 1. The van der Waals surface area contributed by atoms with Crippen LogP contribution in [0.15, 0.2) is 54.6 Å². The molecule has 0 aliphatic heterocycles. The topological polar surface area (TPSA) is 62.1 Å². The Labute approximate surface area is 166 Å². The van der Waals surface area contributed by atoms with Crippen LogP contribution in [0.3, 0.4) is 0 Å². The Morgan fingerprint density at radius 1 is 1.23 bits per heavy atom. The number of rotatable bonds is 6. The lowest BCUT2D eigenvalue weighted by Crippen LogP contribution is -2.13. The summed E-state index contributed by atoms with van der Waals surface area (Å²) < 4.78 is 5.52. The molecule has 0 spiro atoms. The molecule has 26 heavy (non-hydrogen) atoms. The zero-order chi connectivity index (χ0) is 19.1. The molecule has 0 aliphatic carbocycles. The van der Waals surface area contributed by atoms with Crippen molar-refractivity contribution in [3.8, 4) is 11.8 Å². The first-order valence-electron chi connectivity index (χ1n) is 7.36. The van der Waals surface area contributed by atoms with Gasteiger partial charge in [0.15, 0.2) is 0 Å². The van der Waals surface area contributed by atoms with Gasteiger partial charge in [-0.1, -0.05) is 53.5 Å². The van der Waals surface area contributed by atoms with E-state index in [0.717, 1.165) is 0 Å². The van der Waals surface area contributed by atoms with E-state index < -0.39 is 5.91 Å². The van der Waals surface area contributed by atoms with E-state index in [9.17, 15) is 10.1 Å². The molecule has 0 saturated carbocycles. The first-order valence-corrected chi connectivity index (χ1v) is 8.49. The minimum Gasteiger partial charge on any atom is -0.487 e. The average Bonchev–Trinajstić information content (AvgIpc) is 2.58. The van der Waals surface area contributed by atoms with Crippen LogP contribution in [0.1, 0.15) is 5.56 Å². The van der Waals surface area contributed by atoms with Crippen molar-refractivity contribution in [2.24, 2.45) is 0 Å². The molecule has 0 aliphatic rings.